The molecule has 1 fully saturated rings. The van der Waals surface area contributed by atoms with Crippen molar-refractivity contribution in [2.24, 2.45) is 5.92 Å². The molecule has 2 aliphatic rings. The molecular formula is C28H23ClO4. The molecule has 0 aromatic heterocycles. The first-order valence-electron chi connectivity index (χ1n) is 11.0. The molecule has 0 N–H and O–H groups in total. The van der Waals surface area contributed by atoms with Crippen molar-refractivity contribution >= 4 is 29.1 Å². The molecule has 0 amide bonds. The standard InChI is InChI=1S/C28H23ClO4/c1-32-27(31)21-14-18(15-22(29)16-21)17-28-13-12-23(28)24(25(30)19-8-4-2-5-9-19)26(33-28)20-10-6-3-7-11-20/h2-11,14-16,23H,12-13,17H2,1H3/t23-,28+/m0/s1. The Bertz CT molecular complexity index is 1250. The van der Waals surface area contributed by atoms with Gasteiger partial charge in [-0.3, -0.25) is 4.79 Å². The lowest BCUT2D eigenvalue weighted by atomic mass is 9.63. The van der Waals surface area contributed by atoms with Gasteiger partial charge in [-0.05, 0) is 36.6 Å². The van der Waals surface area contributed by atoms with Gasteiger partial charge in [0, 0.05) is 34.1 Å². The van der Waals surface area contributed by atoms with Crippen molar-refractivity contribution < 1.29 is 19.1 Å². The summed E-state index contributed by atoms with van der Waals surface area (Å²) in [7, 11) is 1.35. The Kier molecular flexibility index (Phi) is 5.55. The van der Waals surface area contributed by atoms with E-state index in [4.69, 9.17) is 21.1 Å². The topological polar surface area (TPSA) is 52.6 Å². The van der Waals surface area contributed by atoms with Gasteiger partial charge in [-0.25, -0.2) is 4.79 Å². The number of fused-ring (bicyclic) bond motifs is 1. The predicted molar refractivity (Wildman–Crippen MR) is 127 cm³/mol. The van der Waals surface area contributed by atoms with Crippen LogP contribution < -0.4 is 0 Å². The lowest BCUT2D eigenvalue weighted by Crippen LogP contribution is -2.48. The van der Waals surface area contributed by atoms with E-state index in [2.05, 4.69) is 0 Å². The molecule has 1 heterocycles. The molecule has 3 aromatic carbocycles. The van der Waals surface area contributed by atoms with Crippen LogP contribution in [0, 0.1) is 5.92 Å². The first kappa shape index (κ1) is 21.5. The van der Waals surface area contributed by atoms with Crippen molar-refractivity contribution in [3.05, 3.63) is 112 Å². The van der Waals surface area contributed by atoms with Crippen molar-refractivity contribution in [3.63, 3.8) is 0 Å². The van der Waals surface area contributed by atoms with Gasteiger partial charge in [-0.15, -0.1) is 0 Å². The minimum atomic E-state index is -0.539. The van der Waals surface area contributed by atoms with Gasteiger partial charge >= 0.3 is 5.97 Å². The van der Waals surface area contributed by atoms with Gasteiger partial charge in [-0.2, -0.15) is 0 Å². The van der Waals surface area contributed by atoms with Crippen molar-refractivity contribution in [3.8, 4) is 0 Å². The van der Waals surface area contributed by atoms with Gasteiger partial charge in [0.1, 0.15) is 11.4 Å². The number of hydrogen-bond donors (Lipinski definition) is 0. The summed E-state index contributed by atoms with van der Waals surface area (Å²) in [6.07, 6.45) is 2.23. The summed E-state index contributed by atoms with van der Waals surface area (Å²) < 4.78 is 11.5. The fourth-order valence-electron chi connectivity index (χ4n) is 4.95. The third kappa shape index (κ3) is 3.85. The van der Waals surface area contributed by atoms with Gasteiger partial charge in [0.2, 0.25) is 0 Å². The molecule has 0 bridgehead atoms. The van der Waals surface area contributed by atoms with Crippen LogP contribution in [-0.4, -0.2) is 24.5 Å². The van der Waals surface area contributed by atoms with E-state index in [-0.39, 0.29) is 11.7 Å². The molecule has 1 aliphatic carbocycles. The molecule has 0 unspecified atom stereocenters. The van der Waals surface area contributed by atoms with Crippen molar-refractivity contribution in [1.29, 1.82) is 0 Å². The van der Waals surface area contributed by atoms with E-state index in [1.807, 2.05) is 66.7 Å². The average Bonchev–Trinajstić information content (AvgIpc) is 3.05. The molecule has 1 aliphatic heterocycles. The van der Waals surface area contributed by atoms with Crippen LogP contribution in [-0.2, 0) is 15.9 Å². The number of ether oxygens (including phenoxy) is 2. The van der Waals surface area contributed by atoms with Gasteiger partial charge in [0.25, 0.3) is 0 Å². The maximum Gasteiger partial charge on any atom is 0.337 e. The summed E-state index contributed by atoms with van der Waals surface area (Å²) in [4.78, 5) is 25.7. The zero-order valence-corrected chi connectivity index (χ0v) is 19.0. The number of carbonyl (C=O) groups is 2. The number of benzene rings is 3. The second-order valence-corrected chi connectivity index (χ2v) is 9.02. The number of methoxy groups -OCH3 is 1. The highest BCUT2D eigenvalue weighted by atomic mass is 35.5. The van der Waals surface area contributed by atoms with Crippen LogP contribution >= 0.6 is 11.6 Å². The van der Waals surface area contributed by atoms with Crippen LogP contribution in [0.3, 0.4) is 0 Å². The van der Waals surface area contributed by atoms with Crippen molar-refractivity contribution in [2.45, 2.75) is 24.9 Å². The summed E-state index contributed by atoms with van der Waals surface area (Å²) in [5.41, 5.74) is 3.03. The van der Waals surface area contributed by atoms with Crippen LogP contribution in [0.25, 0.3) is 5.76 Å². The maximum atomic E-state index is 13.6. The fourth-order valence-corrected chi connectivity index (χ4v) is 5.21. The Balaban J connectivity index is 1.54. The lowest BCUT2D eigenvalue weighted by molar-refractivity contribution is -0.0511. The normalized spacial score (nSPS) is 21.1. The number of Topliss-reactive ketones (excluding diaryl/α,β-unsaturated/α-hetero) is 1. The molecule has 2 atom stereocenters. The molecule has 166 valence electrons. The van der Waals surface area contributed by atoms with Gasteiger partial charge < -0.3 is 9.47 Å². The minimum Gasteiger partial charge on any atom is -0.485 e. The molecule has 0 radical (unpaired) electrons. The Morgan fingerprint density at radius 3 is 2.33 bits per heavy atom. The SMILES string of the molecule is COC(=O)c1cc(Cl)cc(C[C@]23CC[C@H]2C(C(=O)c2ccccc2)=C(c2ccccc2)O3)c1. The van der Waals surface area contributed by atoms with Gasteiger partial charge in [0.15, 0.2) is 5.78 Å². The number of halogens is 1. The van der Waals surface area contributed by atoms with E-state index >= 15 is 0 Å². The third-order valence-corrected chi connectivity index (χ3v) is 6.81. The van der Waals surface area contributed by atoms with Crippen LogP contribution in [0.1, 0.15) is 44.7 Å². The first-order chi connectivity index (χ1) is 16.0. The van der Waals surface area contributed by atoms with E-state index in [1.165, 1.54) is 7.11 Å². The van der Waals surface area contributed by atoms with Gasteiger partial charge in [-0.1, -0.05) is 72.3 Å². The zero-order chi connectivity index (χ0) is 23.0. The highest BCUT2D eigenvalue weighted by Crippen LogP contribution is 2.57. The molecule has 3 aromatic rings. The van der Waals surface area contributed by atoms with E-state index in [0.717, 1.165) is 29.5 Å². The number of hydrogen-bond acceptors (Lipinski definition) is 4. The summed E-state index contributed by atoms with van der Waals surface area (Å²) >= 11 is 6.31. The summed E-state index contributed by atoms with van der Waals surface area (Å²) in [6, 6.07) is 24.4. The summed E-state index contributed by atoms with van der Waals surface area (Å²) in [5, 5.41) is 0.468. The largest absolute Gasteiger partial charge is 0.485 e. The Hall–Kier alpha value is -3.37. The fraction of sp³-hybridized carbons (Fsp3) is 0.214. The molecule has 0 saturated heterocycles. The lowest BCUT2D eigenvalue weighted by Gasteiger charge is -2.45. The van der Waals surface area contributed by atoms with Crippen molar-refractivity contribution in [2.75, 3.05) is 7.11 Å². The zero-order valence-electron chi connectivity index (χ0n) is 18.2. The van der Waals surface area contributed by atoms with Crippen LogP contribution in [0.5, 0.6) is 0 Å². The predicted octanol–water partition coefficient (Wildman–Crippen LogP) is 6.14. The summed E-state index contributed by atoms with van der Waals surface area (Å²) in [5.74, 6) is 0.197. The Morgan fingerprint density at radius 2 is 1.70 bits per heavy atom. The number of carbonyl (C=O) groups excluding carboxylic acids is 2. The molecule has 5 heteroatoms. The van der Waals surface area contributed by atoms with Crippen molar-refractivity contribution in [1.82, 2.24) is 0 Å². The second kappa shape index (κ2) is 8.53. The summed E-state index contributed by atoms with van der Waals surface area (Å²) in [6.45, 7) is 0. The Labute approximate surface area is 197 Å². The van der Waals surface area contributed by atoms with E-state index in [1.54, 1.807) is 12.1 Å². The minimum absolute atomic E-state index is 0.00220. The van der Waals surface area contributed by atoms with Crippen LogP contribution in [0.4, 0.5) is 0 Å². The van der Waals surface area contributed by atoms with Crippen LogP contribution in [0.2, 0.25) is 5.02 Å². The third-order valence-electron chi connectivity index (χ3n) is 6.59. The van der Waals surface area contributed by atoms with Gasteiger partial charge in [0.05, 0.1) is 12.7 Å². The van der Waals surface area contributed by atoms with Crippen LogP contribution in [0.15, 0.2) is 84.4 Å². The quantitative estimate of drug-likeness (QED) is 0.328. The maximum absolute atomic E-state index is 13.6. The Morgan fingerprint density at radius 1 is 1.00 bits per heavy atom. The first-order valence-corrected chi connectivity index (χ1v) is 11.3. The van der Waals surface area contributed by atoms with E-state index in [9.17, 15) is 9.59 Å². The smallest absolute Gasteiger partial charge is 0.337 e. The van der Waals surface area contributed by atoms with E-state index < -0.39 is 11.6 Å². The highest BCUT2D eigenvalue weighted by molar-refractivity contribution is 6.31. The second-order valence-electron chi connectivity index (χ2n) is 8.58. The molecule has 1 saturated carbocycles. The molecular weight excluding hydrogens is 436 g/mol. The molecule has 5 rings (SSSR count). The molecule has 33 heavy (non-hydrogen) atoms. The van der Waals surface area contributed by atoms with E-state index in [0.29, 0.717) is 28.3 Å². The molecule has 0 spiro atoms. The number of rotatable bonds is 6. The molecule has 4 nitrogen and oxygen atoms in total. The number of ketones is 1. The highest BCUT2D eigenvalue weighted by Gasteiger charge is 2.58. The average molecular weight is 459 g/mol. The number of esters is 1. The monoisotopic (exact) mass is 458 g/mol.